The number of carbonyl (C=O) groups excluding carboxylic acids is 1. The van der Waals surface area contributed by atoms with Crippen molar-refractivity contribution in [3.63, 3.8) is 0 Å². The van der Waals surface area contributed by atoms with E-state index in [1.54, 1.807) is 23.5 Å². The molecule has 0 radical (unpaired) electrons. The van der Waals surface area contributed by atoms with Gasteiger partial charge in [0.1, 0.15) is 0 Å². The Hall–Kier alpha value is -1.52. The highest BCUT2D eigenvalue weighted by molar-refractivity contribution is 7.10. The summed E-state index contributed by atoms with van der Waals surface area (Å²) in [7, 11) is 0. The van der Waals surface area contributed by atoms with E-state index < -0.39 is 0 Å². The van der Waals surface area contributed by atoms with E-state index in [-0.39, 0.29) is 12.1 Å². The fourth-order valence-electron chi connectivity index (χ4n) is 2.86. The average Bonchev–Trinajstić information content (AvgIpc) is 2.94. The Morgan fingerprint density at radius 3 is 2.73 bits per heavy atom. The molecule has 1 aliphatic heterocycles. The van der Waals surface area contributed by atoms with Gasteiger partial charge in [0, 0.05) is 22.1 Å². The van der Waals surface area contributed by atoms with Crippen LogP contribution >= 0.6 is 22.9 Å². The van der Waals surface area contributed by atoms with Crippen molar-refractivity contribution in [2.24, 2.45) is 0 Å². The van der Waals surface area contributed by atoms with Crippen LogP contribution in [0.1, 0.15) is 36.6 Å². The van der Waals surface area contributed by atoms with Gasteiger partial charge in [-0.1, -0.05) is 30.5 Å². The molecule has 1 aromatic carbocycles. The monoisotopic (exact) mass is 334 g/mol. The zero-order valence-electron chi connectivity index (χ0n) is 12.3. The Balaban J connectivity index is 1.76. The number of carbonyl (C=O) groups is 1. The summed E-state index contributed by atoms with van der Waals surface area (Å²) in [5.74, 6) is 0. The second-order valence-electron chi connectivity index (χ2n) is 5.51. The molecule has 3 rings (SSSR count). The predicted octanol–water partition coefficient (Wildman–Crippen LogP) is 5.55. The predicted molar refractivity (Wildman–Crippen MR) is 92.7 cm³/mol. The van der Waals surface area contributed by atoms with Crippen molar-refractivity contribution < 1.29 is 4.79 Å². The first-order valence-electron chi connectivity index (χ1n) is 7.60. The van der Waals surface area contributed by atoms with E-state index in [0.717, 1.165) is 25.1 Å². The van der Waals surface area contributed by atoms with Crippen LogP contribution < -0.4 is 5.32 Å². The van der Waals surface area contributed by atoms with Gasteiger partial charge in [-0.25, -0.2) is 4.79 Å². The van der Waals surface area contributed by atoms with Gasteiger partial charge in [-0.3, -0.25) is 0 Å². The van der Waals surface area contributed by atoms with Gasteiger partial charge in [0.25, 0.3) is 0 Å². The maximum Gasteiger partial charge on any atom is 0.322 e. The molecule has 2 amide bonds. The molecule has 1 saturated heterocycles. The second kappa shape index (κ2) is 7.16. The fraction of sp³-hybridized carbons (Fsp3) is 0.353. The number of rotatable bonds is 2. The third kappa shape index (κ3) is 3.62. The van der Waals surface area contributed by atoms with Gasteiger partial charge in [-0.15, -0.1) is 11.3 Å². The van der Waals surface area contributed by atoms with Gasteiger partial charge in [0.2, 0.25) is 0 Å². The molecule has 1 aliphatic rings. The van der Waals surface area contributed by atoms with Gasteiger partial charge in [-0.2, -0.15) is 0 Å². The van der Waals surface area contributed by atoms with E-state index in [2.05, 4.69) is 22.8 Å². The normalized spacial score (nSPS) is 18.8. The molecular formula is C17H19ClN2OS. The van der Waals surface area contributed by atoms with Crippen LogP contribution in [0, 0.1) is 0 Å². The van der Waals surface area contributed by atoms with Crippen LogP contribution in [0.5, 0.6) is 0 Å². The van der Waals surface area contributed by atoms with E-state index in [1.165, 1.54) is 17.7 Å². The molecule has 1 fully saturated rings. The van der Waals surface area contributed by atoms with Crippen molar-refractivity contribution in [1.29, 1.82) is 0 Å². The number of anilines is 1. The lowest BCUT2D eigenvalue weighted by molar-refractivity contribution is 0.190. The standard InChI is InChI=1S/C17H19ClN2OS/c18-13-7-9-14(10-8-13)19-17(21)20-11-3-1-2-5-15(20)16-6-4-12-22-16/h4,6-10,12,15H,1-3,5,11H2,(H,19,21)/t15-/m0/s1. The molecule has 2 heterocycles. The summed E-state index contributed by atoms with van der Waals surface area (Å²) in [6, 6.07) is 11.6. The number of urea groups is 1. The Morgan fingerprint density at radius 2 is 2.00 bits per heavy atom. The number of hydrogen-bond donors (Lipinski definition) is 1. The van der Waals surface area contributed by atoms with Gasteiger partial charge in [-0.05, 0) is 48.6 Å². The molecule has 1 N–H and O–H groups in total. The molecule has 0 saturated carbocycles. The maximum atomic E-state index is 12.7. The highest BCUT2D eigenvalue weighted by Crippen LogP contribution is 2.33. The summed E-state index contributed by atoms with van der Waals surface area (Å²) in [6.07, 6.45) is 4.46. The summed E-state index contributed by atoms with van der Waals surface area (Å²) >= 11 is 7.62. The summed E-state index contributed by atoms with van der Waals surface area (Å²) in [6.45, 7) is 0.808. The van der Waals surface area contributed by atoms with E-state index in [0.29, 0.717) is 5.02 Å². The molecule has 0 aliphatic carbocycles. The van der Waals surface area contributed by atoms with Crippen LogP contribution in [0.2, 0.25) is 5.02 Å². The number of halogens is 1. The Kier molecular flexibility index (Phi) is 5.01. The Bertz CT molecular complexity index is 612. The molecule has 1 atom stereocenters. The number of likely N-dealkylation sites (tertiary alicyclic amines) is 1. The van der Waals surface area contributed by atoms with Crippen molar-refractivity contribution in [3.05, 3.63) is 51.7 Å². The molecule has 1 aromatic heterocycles. The van der Waals surface area contributed by atoms with Crippen LogP contribution in [0.4, 0.5) is 10.5 Å². The number of nitrogens with one attached hydrogen (secondary N) is 1. The second-order valence-corrected chi connectivity index (χ2v) is 6.93. The highest BCUT2D eigenvalue weighted by Gasteiger charge is 2.27. The molecule has 3 nitrogen and oxygen atoms in total. The SMILES string of the molecule is O=C(Nc1ccc(Cl)cc1)N1CCCCC[C@H]1c1cccs1. The number of benzene rings is 1. The van der Waals surface area contributed by atoms with Gasteiger partial charge in [0.15, 0.2) is 0 Å². The van der Waals surface area contributed by atoms with Gasteiger partial charge >= 0.3 is 6.03 Å². The van der Waals surface area contributed by atoms with Crippen molar-refractivity contribution >= 4 is 34.7 Å². The van der Waals surface area contributed by atoms with Crippen molar-refractivity contribution in [2.75, 3.05) is 11.9 Å². The molecule has 22 heavy (non-hydrogen) atoms. The molecule has 0 bridgehead atoms. The van der Waals surface area contributed by atoms with Gasteiger partial charge in [0.05, 0.1) is 6.04 Å². The first kappa shape index (κ1) is 15.4. The Morgan fingerprint density at radius 1 is 1.18 bits per heavy atom. The first-order valence-corrected chi connectivity index (χ1v) is 8.86. The van der Waals surface area contributed by atoms with Crippen LogP contribution in [0.25, 0.3) is 0 Å². The minimum absolute atomic E-state index is 0.0253. The highest BCUT2D eigenvalue weighted by atomic mass is 35.5. The third-order valence-corrected chi connectivity index (χ3v) is 5.21. The van der Waals surface area contributed by atoms with E-state index >= 15 is 0 Å². The van der Waals surface area contributed by atoms with Crippen molar-refractivity contribution in [2.45, 2.75) is 31.7 Å². The Labute approximate surface area is 139 Å². The molecule has 5 heteroatoms. The van der Waals surface area contributed by atoms with E-state index in [4.69, 9.17) is 11.6 Å². The molecule has 2 aromatic rings. The summed E-state index contributed by atoms with van der Waals surface area (Å²) in [5, 5.41) is 5.74. The number of hydrogen-bond acceptors (Lipinski definition) is 2. The summed E-state index contributed by atoms with van der Waals surface area (Å²) in [4.78, 5) is 15.9. The average molecular weight is 335 g/mol. The van der Waals surface area contributed by atoms with Crippen molar-refractivity contribution in [3.8, 4) is 0 Å². The quantitative estimate of drug-likeness (QED) is 0.767. The smallest absolute Gasteiger partial charge is 0.317 e. The zero-order chi connectivity index (χ0) is 15.4. The van der Waals surface area contributed by atoms with Crippen LogP contribution in [0.3, 0.4) is 0 Å². The molecule has 116 valence electrons. The first-order chi connectivity index (χ1) is 10.7. The summed E-state index contributed by atoms with van der Waals surface area (Å²) < 4.78 is 0. The summed E-state index contributed by atoms with van der Waals surface area (Å²) in [5.41, 5.74) is 0.781. The maximum absolute atomic E-state index is 12.7. The molecule has 0 spiro atoms. The minimum atomic E-state index is -0.0253. The topological polar surface area (TPSA) is 32.3 Å². The number of amides is 2. The lowest BCUT2D eigenvalue weighted by atomic mass is 10.1. The minimum Gasteiger partial charge on any atom is -0.317 e. The van der Waals surface area contributed by atoms with E-state index in [9.17, 15) is 4.79 Å². The fourth-order valence-corrected chi connectivity index (χ4v) is 3.86. The van der Waals surface area contributed by atoms with E-state index in [1.807, 2.05) is 17.0 Å². The molecule has 0 unspecified atom stereocenters. The largest absolute Gasteiger partial charge is 0.322 e. The van der Waals surface area contributed by atoms with Crippen LogP contribution in [0.15, 0.2) is 41.8 Å². The van der Waals surface area contributed by atoms with Gasteiger partial charge < -0.3 is 10.2 Å². The molecular weight excluding hydrogens is 316 g/mol. The van der Waals surface area contributed by atoms with Crippen LogP contribution in [-0.2, 0) is 0 Å². The number of thiophene rings is 1. The number of nitrogens with zero attached hydrogens (tertiary/aromatic N) is 1. The lowest BCUT2D eigenvalue weighted by Gasteiger charge is -2.29. The van der Waals surface area contributed by atoms with Crippen LogP contribution in [-0.4, -0.2) is 17.5 Å². The third-order valence-electron chi connectivity index (χ3n) is 3.98. The lowest BCUT2D eigenvalue weighted by Crippen LogP contribution is -2.37. The van der Waals surface area contributed by atoms with Crippen molar-refractivity contribution in [1.82, 2.24) is 4.90 Å². The zero-order valence-corrected chi connectivity index (χ0v) is 13.9.